The lowest BCUT2D eigenvalue weighted by Gasteiger charge is -2.37. The van der Waals surface area contributed by atoms with Crippen molar-refractivity contribution >= 4 is 23.8 Å². The van der Waals surface area contributed by atoms with Crippen molar-refractivity contribution in [3.05, 3.63) is 108 Å². The summed E-state index contributed by atoms with van der Waals surface area (Å²) in [5.41, 5.74) is 4.02. The van der Waals surface area contributed by atoms with Gasteiger partial charge in [0.25, 0.3) is 5.91 Å². The van der Waals surface area contributed by atoms with E-state index in [1.165, 1.54) is 4.90 Å². The number of rotatable bonds is 10. The van der Waals surface area contributed by atoms with Crippen LogP contribution in [0, 0.1) is 0 Å². The molecule has 232 valence electrons. The van der Waals surface area contributed by atoms with Crippen molar-refractivity contribution < 1.29 is 29.0 Å². The molecule has 1 saturated heterocycles. The molecule has 3 atom stereocenters. The quantitative estimate of drug-likeness (QED) is 0.304. The summed E-state index contributed by atoms with van der Waals surface area (Å²) in [5.74, 6) is -1.51. The van der Waals surface area contributed by atoms with E-state index in [2.05, 4.69) is 10.7 Å². The van der Waals surface area contributed by atoms with E-state index in [1.54, 1.807) is 32.9 Å². The van der Waals surface area contributed by atoms with Crippen molar-refractivity contribution in [1.29, 1.82) is 0 Å². The zero-order valence-corrected chi connectivity index (χ0v) is 25.3. The maximum absolute atomic E-state index is 14.0. The third-order valence-electron chi connectivity index (χ3n) is 7.14. The van der Waals surface area contributed by atoms with Crippen LogP contribution in [0.3, 0.4) is 0 Å². The first-order valence-corrected chi connectivity index (χ1v) is 14.7. The number of aliphatic hydroxyl groups excluding tert-OH is 1. The molecule has 0 saturated carbocycles. The van der Waals surface area contributed by atoms with Crippen molar-refractivity contribution in [3.8, 4) is 0 Å². The summed E-state index contributed by atoms with van der Waals surface area (Å²) in [6.45, 7) is 5.22. The van der Waals surface area contributed by atoms with Crippen LogP contribution < -0.4 is 10.7 Å². The Hall–Kier alpha value is -4.70. The van der Waals surface area contributed by atoms with Crippen LogP contribution in [0.15, 0.2) is 91.0 Å². The van der Waals surface area contributed by atoms with Gasteiger partial charge in [0, 0.05) is 13.0 Å². The van der Waals surface area contributed by atoms with Crippen LogP contribution in [-0.2, 0) is 38.6 Å². The van der Waals surface area contributed by atoms with Gasteiger partial charge in [0.1, 0.15) is 11.6 Å². The lowest BCUT2D eigenvalue weighted by molar-refractivity contribution is -0.146. The minimum Gasteiger partial charge on any atom is -0.442 e. The third kappa shape index (κ3) is 9.15. The SMILES string of the molecule is CC(C)(C)OC(=O)N(Cc1ccccc1)NC(=O)C(O)C(Cc1ccccc1)N(Cc1ccccc1)C(=O)[C@H]1CCC(=O)N1. The van der Waals surface area contributed by atoms with Crippen LogP contribution in [0.4, 0.5) is 4.79 Å². The lowest BCUT2D eigenvalue weighted by atomic mass is 9.97. The normalized spacial score (nSPS) is 15.9. The number of hydrazine groups is 1. The molecule has 10 nitrogen and oxygen atoms in total. The van der Waals surface area contributed by atoms with E-state index in [-0.39, 0.29) is 31.8 Å². The molecule has 1 aliphatic heterocycles. The molecular weight excluding hydrogens is 560 g/mol. The van der Waals surface area contributed by atoms with Crippen LogP contribution in [-0.4, -0.2) is 62.6 Å². The van der Waals surface area contributed by atoms with Crippen molar-refractivity contribution in [2.45, 2.75) is 76.9 Å². The number of carbonyl (C=O) groups excluding carboxylic acids is 4. The van der Waals surface area contributed by atoms with Gasteiger partial charge in [-0.3, -0.25) is 19.8 Å². The topological polar surface area (TPSA) is 128 Å². The fraction of sp³-hybridized carbons (Fsp3) is 0.353. The molecule has 4 amide bonds. The van der Waals surface area contributed by atoms with Gasteiger partial charge < -0.3 is 20.1 Å². The van der Waals surface area contributed by atoms with Gasteiger partial charge in [-0.25, -0.2) is 9.80 Å². The van der Waals surface area contributed by atoms with Gasteiger partial charge in [0.15, 0.2) is 6.10 Å². The summed E-state index contributed by atoms with van der Waals surface area (Å²) >= 11 is 0. The van der Waals surface area contributed by atoms with Gasteiger partial charge in [0.05, 0.1) is 12.6 Å². The third-order valence-corrected chi connectivity index (χ3v) is 7.14. The van der Waals surface area contributed by atoms with Crippen molar-refractivity contribution in [2.75, 3.05) is 0 Å². The van der Waals surface area contributed by atoms with Crippen LogP contribution in [0.5, 0.6) is 0 Å². The predicted octanol–water partition coefficient (Wildman–Crippen LogP) is 3.73. The van der Waals surface area contributed by atoms with Crippen LogP contribution in [0.1, 0.15) is 50.3 Å². The minimum atomic E-state index is -1.75. The second kappa shape index (κ2) is 14.7. The van der Waals surface area contributed by atoms with E-state index >= 15 is 0 Å². The first kappa shape index (κ1) is 32.2. The first-order chi connectivity index (χ1) is 21.0. The molecule has 1 aliphatic rings. The van der Waals surface area contributed by atoms with E-state index in [4.69, 9.17) is 4.74 Å². The highest BCUT2D eigenvalue weighted by Gasteiger charge is 2.40. The largest absolute Gasteiger partial charge is 0.442 e. The number of aliphatic hydroxyl groups is 1. The van der Waals surface area contributed by atoms with Gasteiger partial charge in [-0.05, 0) is 50.3 Å². The average molecular weight is 601 g/mol. The van der Waals surface area contributed by atoms with Gasteiger partial charge in [-0.2, -0.15) is 0 Å². The van der Waals surface area contributed by atoms with Crippen LogP contribution >= 0.6 is 0 Å². The highest BCUT2D eigenvalue weighted by atomic mass is 16.6. The van der Waals surface area contributed by atoms with E-state index in [1.807, 2.05) is 78.9 Å². The molecule has 0 aliphatic carbocycles. The summed E-state index contributed by atoms with van der Waals surface area (Å²) < 4.78 is 5.54. The van der Waals surface area contributed by atoms with E-state index < -0.39 is 41.7 Å². The summed E-state index contributed by atoms with van der Waals surface area (Å²) in [6, 6.07) is 25.7. The molecule has 3 N–H and O–H groups in total. The number of ether oxygens (including phenoxy) is 1. The standard InChI is InChI=1S/C34H40N4O6/c1-34(2,3)44-33(43)38(23-26-17-11-6-12-18-26)36-31(41)30(40)28(21-24-13-7-4-8-14-24)37(22-25-15-9-5-10-16-25)32(42)27-19-20-29(39)35-27/h4-18,27-28,30,40H,19-23H2,1-3H3,(H,35,39)(H,36,41)/t27-,28?,30?/m1/s1. The van der Waals surface area contributed by atoms with Crippen LogP contribution in [0.2, 0.25) is 0 Å². The molecule has 0 spiro atoms. The molecule has 2 unspecified atom stereocenters. The molecule has 10 heteroatoms. The lowest BCUT2D eigenvalue weighted by Crippen LogP contribution is -2.59. The van der Waals surface area contributed by atoms with Crippen LogP contribution in [0.25, 0.3) is 0 Å². The molecule has 0 bridgehead atoms. The maximum Gasteiger partial charge on any atom is 0.429 e. The number of benzene rings is 3. The van der Waals surface area contributed by atoms with Crippen molar-refractivity contribution in [1.82, 2.24) is 20.7 Å². The van der Waals surface area contributed by atoms with E-state index in [0.29, 0.717) is 6.42 Å². The summed E-state index contributed by atoms with van der Waals surface area (Å²) in [5, 5.41) is 15.4. The Morgan fingerprint density at radius 1 is 0.886 bits per heavy atom. The molecule has 1 heterocycles. The zero-order chi connectivity index (χ0) is 31.7. The van der Waals surface area contributed by atoms with Crippen molar-refractivity contribution in [3.63, 3.8) is 0 Å². The van der Waals surface area contributed by atoms with E-state index in [0.717, 1.165) is 21.7 Å². The second-order valence-corrected chi connectivity index (χ2v) is 11.8. The maximum atomic E-state index is 14.0. The Morgan fingerprint density at radius 3 is 1.91 bits per heavy atom. The number of hydrogen-bond donors (Lipinski definition) is 3. The summed E-state index contributed by atoms with van der Waals surface area (Å²) in [4.78, 5) is 54.4. The Morgan fingerprint density at radius 2 is 1.41 bits per heavy atom. The monoisotopic (exact) mass is 600 g/mol. The molecule has 3 aromatic carbocycles. The number of nitrogens with zero attached hydrogens (tertiary/aromatic N) is 2. The van der Waals surface area contributed by atoms with Gasteiger partial charge in [-0.15, -0.1) is 0 Å². The fourth-order valence-corrected chi connectivity index (χ4v) is 4.99. The molecule has 0 radical (unpaired) electrons. The predicted molar refractivity (Wildman–Crippen MR) is 164 cm³/mol. The Balaban J connectivity index is 1.66. The van der Waals surface area contributed by atoms with Gasteiger partial charge in [0.2, 0.25) is 11.8 Å². The fourth-order valence-electron chi connectivity index (χ4n) is 4.99. The average Bonchev–Trinajstić information content (AvgIpc) is 3.44. The molecule has 1 fully saturated rings. The Bertz CT molecular complexity index is 1410. The number of carbonyl (C=O) groups is 4. The smallest absolute Gasteiger partial charge is 0.429 e. The first-order valence-electron chi connectivity index (χ1n) is 14.7. The Kier molecular flexibility index (Phi) is 10.7. The zero-order valence-electron chi connectivity index (χ0n) is 25.3. The number of amides is 4. The molecule has 3 aromatic rings. The summed E-state index contributed by atoms with van der Waals surface area (Å²) in [6.07, 6.45) is -1.88. The van der Waals surface area contributed by atoms with Gasteiger partial charge >= 0.3 is 6.09 Å². The second-order valence-electron chi connectivity index (χ2n) is 11.8. The highest BCUT2D eigenvalue weighted by molar-refractivity contribution is 5.92. The molecule has 4 rings (SSSR count). The van der Waals surface area contributed by atoms with Gasteiger partial charge in [-0.1, -0.05) is 91.0 Å². The highest BCUT2D eigenvalue weighted by Crippen LogP contribution is 2.21. The number of hydrogen-bond acceptors (Lipinski definition) is 6. The summed E-state index contributed by atoms with van der Waals surface area (Å²) in [7, 11) is 0. The molecule has 0 aromatic heterocycles. The minimum absolute atomic E-state index is 0.0155. The number of nitrogens with one attached hydrogen (secondary N) is 2. The Labute approximate surface area is 258 Å². The molecular formula is C34H40N4O6. The van der Waals surface area contributed by atoms with E-state index in [9.17, 15) is 24.3 Å². The molecule has 44 heavy (non-hydrogen) atoms. The van der Waals surface area contributed by atoms with Crippen molar-refractivity contribution in [2.24, 2.45) is 0 Å².